The number of para-hydroxylation sites is 1. The second-order valence-electron chi connectivity index (χ2n) is 7.59. The van der Waals surface area contributed by atoms with Gasteiger partial charge in [-0.1, -0.05) is 18.2 Å². The fourth-order valence-corrected chi connectivity index (χ4v) is 3.60. The zero-order valence-electron chi connectivity index (χ0n) is 17.2. The van der Waals surface area contributed by atoms with Gasteiger partial charge in [0.2, 0.25) is 5.95 Å². The maximum atomic E-state index is 12.9. The van der Waals surface area contributed by atoms with Crippen LogP contribution in [-0.2, 0) is 6.54 Å². The lowest BCUT2D eigenvalue weighted by atomic mass is 10.1. The molecule has 0 saturated heterocycles. The predicted molar refractivity (Wildman–Crippen MR) is 117 cm³/mol. The average molecular weight is 433 g/mol. The number of carbonyl (C=O) groups excluding carboxylic acids is 1. The van der Waals surface area contributed by atoms with E-state index in [-0.39, 0.29) is 11.5 Å². The highest BCUT2D eigenvalue weighted by atomic mass is 19.1. The van der Waals surface area contributed by atoms with E-state index < -0.39 is 18.6 Å². The number of H-pyrrole nitrogens is 1. The molecule has 1 atom stereocenters. The van der Waals surface area contributed by atoms with Crippen LogP contribution in [0.1, 0.15) is 22.8 Å². The smallest absolute Gasteiger partial charge is 0.255 e. The first-order chi connectivity index (χ1) is 15.5. The fraction of sp³-hybridized carbons (Fsp3) is 0.190. The number of hydrogen-bond donors (Lipinski definition) is 3. The van der Waals surface area contributed by atoms with Crippen LogP contribution in [0.25, 0.3) is 27.7 Å². The summed E-state index contributed by atoms with van der Waals surface area (Å²) in [6.07, 6.45) is 7.09. The maximum absolute atomic E-state index is 12.9. The number of aromatic amines is 1. The Labute approximate surface area is 181 Å². The molecule has 4 N–H and O–H groups in total. The first-order valence-electron chi connectivity index (χ1n) is 9.98. The predicted octanol–water partition coefficient (Wildman–Crippen LogP) is 2.19. The van der Waals surface area contributed by atoms with Crippen molar-refractivity contribution in [1.82, 2.24) is 39.9 Å². The number of rotatable bonds is 6. The van der Waals surface area contributed by atoms with Gasteiger partial charge in [0.05, 0.1) is 36.1 Å². The molecule has 5 rings (SSSR count). The summed E-state index contributed by atoms with van der Waals surface area (Å²) in [6, 6.07) is 7.04. The Kier molecular flexibility index (Phi) is 4.77. The summed E-state index contributed by atoms with van der Waals surface area (Å²) in [7, 11) is 0. The molecule has 0 radical (unpaired) electrons. The van der Waals surface area contributed by atoms with Gasteiger partial charge in [-0.05, 0) is 18.6 Å². The van der Waals surface area contributed by atoms with Crippen molar-refractivity contribution < 1.29 is 9.18 Å². The number of carbonyl (C=O) groups is 1. The van der Waals surface area contributed by atoms with E-state index in [0.29, 0.717) is 17.8 Å². The number of nitrogens with one attached hydrogen (secondary N) is 2. The molecular weight excluding hydrogens is 413 g/mol. The molecule has 0 aliphatic carbocycles. The lowest BCUT2D eigenvalue weighted by molar-refractivity contribution is 0.0935. The summed E-state index contributed by atoms with van der Waals surface area (Å²) in [5.74, 6) is -0.411. The van der Waals surface area contributed by atoms with Crippen LogP contribution in [-0.4, -0.2) is 53.2 Å². The molecule has 10 nitrogen and oxygen atoms in total. The van der Waals surface area contributed by atoms with Crippen LogP contribution >= 0.6 is 0 Å². The number of anilines is 1. The van der Waals surface area contributed by atoms with Gasteiger partial charge in [0, 0.05) is 28.9 Å². The molecule has 11 heteroatoms. The first-order valence-corrected chi connectivity index (χ1v) is 9.98. The van der Waals surface area contributed by atoms with Crippen LogP contribution in [0.4, 0.5) is 10.3 Å². The lowest BCUT2D eigenvalue weighted by Gasteiger charge is -2.11. The molecule has 32 heavy (non-hydrogen) atoms. The number of hydrogen-bond acceptors (Lipinski definition) is 6. The molecule has 1 aromatic carbocycles. The van der Waals surface area contributed by atoms with Crippen molar-refractivity contribution in [2.75, 3.05) is 12.4 Å². The van der Waals surface area contributed by atoms with Gasteiger partial charge in [-0.25, -0.2) is 8.91 Å². The minimum Gasteiger partial charge on any atom is -0.366 e. The Hall–Kier alpha value is -4.28. The third kappa shape index (κ3) is 3.53. The molecule has 1 unspecified atom stereocenters. The largest absolute Gasteiger partial charge is 0.366 e. The van der Waals surface area contributed by atoms with Crippen molar-refractivity contribution >= 4 is 28.4 Å². The molecule has 0 aliphatic rings. The molecule has 1 amide bonds. The normalized spacial score (nSPS) is 12.4. The number of aromatic nitrogens is 7. The van der Waals surface area contributed by atoms with Gasteiger partial charge in [0.1, 0.15) is 6.67 Å². The van der Waals surface area contributed by atoms with Crippen LogP contribution in [0.5, 0.6) is 0 Å². The van der Waals surface area contributed by atoms with E-state index in [0.717, 1.165) is 22.0 Å². The third-order valence-corrected chi connectivity index (χ3v) is 5.17. The van der Waals surface area contributed by atoms with E-state index in [9.17, 15) is 9.18 Å². The van der Waals surface area contributed by atoms with Crippen LogP contribution in [0.15, 0.2) is 49.1 Å². The number of halogens is 1. The van der Waals surface area contributed by atoms with E-state index in [4.69, 9.17) is 5.73 Å². The van der Waals surface area contributed by atoms with Crippen molar-refractivity contribution in [1.29, 1.82) is 0 Å². The molecule has 0 bridgehead atoms. The number of benzene rings is 1. The minimum atomic E-state index is -0.674. The molecule has 4 aromatic heterocycles. The molecule has 0 fully saturated rings. The zero-order valence-corrected chi connectivity index (χ0v) is 17.2. The molecule has 0 saturated carbocycles. The number of fused-ring (bicyclic) bond motifs is 2. The SMILES string of the molecule is CC(CF)NC(=O)c1cc(-c2cnn(Cc3cccc4cn[nH]c34)c2)cn2nc(N)nc12. The van der Waals surface area contributed by atoms with Crippen molar-refractivity contribution in [3.8, 4) is 11.1 Å². The highest BCUT2D eigenvalue weighted by molar-refractivity contribution is 6.01. The second kappa shape index (κ2) is 7.76. The Bertz CT molecular complexity index is 1430. The van der Waals surface area contributed by atoms with E-state index in [1.807, 2.05) is 24.4 Å². The van der Waals surface area contributed by atoms with Gasteiger partial charge in [-0.2, -0.15) is 15.2 Å². The minimum absolute atomic E-state index is 0.0399. The van der Waals surface area contributed by atoms with Crippen LogP contribution < -0.4 is 11.1 Å². The standard InChI is InChI=1S/C21H20FN9O/c1-12(6-22)26-20(32)17-5-15(11-31-19(17)27-21(23)29-31)16-8-25-30(10-16)9-14-4-2-3-13-7-24-28-18(13)14/h2-5,7-8,10-12H,6,9H2,1H3,(H2,23,29)(H,24,28)(H,26,32). The highest BCUT2D eigenvalue weighted by Gasteiger charge is 2.18. The maximum Gasteiger partial charge on any atom is 0.255 e. The molecular formula is C21H20FN9O. The van der Waals surface area contributed by atoms with Crippen molar-refractivity contribution in [3.05, 3.63) is 60.2 Å². The number of alkyl halides is 1. The molecule has 162 valence electrons. The Balaban J connectivity index is 1.50. The Morgan fingerprint density at radius 1 is 1.28 bits per heavy atom. The summed E-state index contributed by atoms with van der Waals surface area (Å²) in [4.78, 5) is 16.9. The Morgan fingerprint density at radius 3 is 3.00 bits per heavy atom. The van der Waals surface area contributed by atoms with Crippen LogP contribution in [0.2, 0.25) is 0 Å². The molecule has 5 aromatic rings. The van der Waals surface area contributed by atoms with Gasteiger partial charge >= 0.3 is 0 Å². The first kappa shape index (κ1) is 19.7. The van der Waals surface area contributed by atoms with E-state index in [2.05, 4.69) is 30.7 Å². The summed E-state index contributed by atoms with van der Waals surface area (Å²) >= 11 is 0. The van der Waals surface area contributed by atoms with Gasteiger partial charge in [-0.15, -0.1) is 5.10 Å². The Morgan fingerprint density at radius 2 is 2.16 bits per heavy atom. The van der Waals surface area contributed by atoms with E-state index in [1.165, 1.54) is 4.52 Å². The molecule has 0 aliphatic heterocycles. The van der Waals surface area contributed by atoms with Gasteiger partial charge < -0.3 is 11.1 Å². The van der Waals surface area contributed by atoms with Crippen LogP contribution in [0, 0.1) is 0 Å². The van der Waals surface area contributed by atoms with Crippen molar-refractivity contribution in [2.24, 2.45) is 0 Å². The fourth-order valence-electron chi connectivity index (χ4n) is 3.60. The monoisotopic (exact) mass is 433 g/mol. The van der Waals surface area contributed by atoms with Crippen molar-refractivity contribution in [3.63, 3.8) is 0 Å². The summed E-state index contributed by atoms with van der Waals surface area (Å²) in [5.41, 5.74) is 9.79. The van der Waals surface area contributed by atoms with Crippen LogP contribution in [0.3, 0.4) is 0 Å². The average Bonchev–Trinajstić information content (AvgIpc) is 3.51. The van der Waals surface area contributed by atoms with Crippen molar-refractivity contribution in [2.45, 2.75) is 19.5 Å². The lowest BCUT2D eigenvalue weighted by Crippen LogP contribution is -2.34. The zero-order chi connectivity index (χ0) is 22.2. The molecule has 4 heterocycles. The third-order valence-electron chi connectivity index (χ3n) is 5.17. The van der Waals surface area contributed by atoms with E-state index in [1.54, 1.807) is 36.3 Å². The van der Waals surface area contributed by atoms with Gasteiger partial charge in [-0.3, -0.25) is 14.6 Å². The summed E-state index contributed by atoms with van der Waals surface area (Å²) in [5, 5.41) is 19.4. The quantitative estimate of drug-likeness (QED) is 0.376. The number of pyridine rings is 1. The number of nitrogens with zero attached hydrogens (tertiary/aromatic N) is 6. The van der Waals surface area contributed by atoms with Gasteiger partial charge in [0.25, 0.3) is 5.91 Å². The number of nitrogens with two attached hydrogens (primary N) is 1. The molecule has 0 spiro atoms. The number of nitrogen functional groups attached to an aromatic ring is 1. The number of amides is 1. The summed E-state index contributed by atoms with van der Waals surface area (Å²) < 4.78 is 16.1. The summed E-state index contributed by atoms with van der Waals surface area (Å²) in [6.45, 7) is 1.45. The highest BCUT2D eigenvalue weighted by Crippen LogP contribution is 2.24. The van der Waals surface area contributed by atoms with E-state index >= 15 is 0 Å². The topological polar surface area (TPSA) is 132 Å². The second-order valence-corrected chi connectivity index (χ2v) is 7.59. The van der Waals surface area contributed by atoms with Gasteiger partial charge in [0.15, 0.2) is 5.65 Å².